The Hall–Kier alpha value is -3.12. The number of alkyl halides is 6. The van der Waals surface area contributed by atoms with E-state index in [0.717, 1.165) is 48.8 Å². The van der Waals surface area contributed by atoms with Crippen LogP contribution < -0.4 is 15.4 Å². The van der Waals surface area contributed by atoms with Crippen molar-refractivity contribution in [3.63, 3.8) is 0 Å². The molecular formula is C29H30F6N4OS. The number of nitrogens with one attached hydrogen (secondary N) is 2. The maximum atomic E-state index is 13.4. The zero-order valence-electron chi connectivity index (χ0n) is 22.4. The molecule has 3 aromatic rings. The Morgan fingerprint density at radius 1 is 1.07 bits per heavy atom. The van der Waals surface area contributed by atoms with Gasteiger partial charge in [0.2, 0.25) is 0 Å². The molecule has 0 aliphatic carbocycles. The highest BCUT2D eigenvalue weighted by Gasteiger charge is 2.43. The number of ether oxygens (including phenoxy) is 1. The fraction of sp³-hybridized carbons (Fsp3) is 0.448. The van der Waals surface area contributed by atoms with Gasteiger partial charge in [0.25, 0.3) is 0 Å². The first-order valence-electron chi connectivity index (χ1n) is 13.4. The van der Waals surface area contributed by atoms with Gasteiger partial charge in [-0.05, 0) is 91.5 Å². The third-order valence-electron chi connectivity index (χ3n) is 8.29. The van der Waals surface area contributed by atoms with Gasteiger partial charge in [-0.25, -0.2) is 0 Å². The maximum absolute atomic E-state index is 13.4. The highest BCUT2D eigenvalue weighted by atomic mass is 32.1. The predicted octanol–water partition coefficient (Wildman–Crippen LogP) is 7.43. The average molecular weight is 597 g/mol. The van der Waals surface area contributed by atoms with Crippen LogP contribution >= 0.6 is 12.2 Å². The van der Waals surface area contributed by atoms with Crippen molar-refractivity contribution in [3.8, 4) is 5.75 Å². The Balaban J connectivity index is 1.51. The molecule has 2 N–H and O–H groups in total. The smallest absolute Gasteiger partial charge is 0.416 e. The first-order chi connectivity index (χ1) is 19.4. The van der Waals surface area contributed by atoms with E-state index in [1.807, 2.05) is 18.2 Å². The zero-order chi connectivity index (χ0) is 29.5. The quantitative estimate of drug-likeness (QED) is 0.228. The van der Waals surface area contributed by atoms with Gasteiger partial charge in [0.05, 0.1) is 29.8 Å². The number of thiocarbonyl (C=S) groups is 1. The second-order valence-electron chi connectivity index (χ2n) is 10.7. The minimum Gasteiger partial charge on any atom is -0.497 e. The maximum Gasteiger partial charge on any atom is 0.416 e. The lowest BCUT2D eigenvalue weighted by Gasteiger charge is -2.52. The molecule has 1 aromatic heterocycles. The summed E-state index contributed by atoms with van der Waals surface area (Å²) in [5.41, 5.74) is -1.64. The minimum absolute atomic E-state index is 0.000321. The molecule has 5 nitrogen and oxygen atoms in total. The summed E-state index contributed by atoms with van der Waals surface area (Å²) in [4.78, 5) is 6.88. The number of piperidine rings is 3. The van der Waals surface area contributed by atoms with E-state index in [9.17, 15) is 26.3 Å². The summed E-state index contributed by atoms with van der Waals surface area (Å²) in [7, 11) is 1.56. The molecule has 6 rings (SSSR count). The van der Waals surface area contributed by atoms with E-state index >= 15 is 0 Å². The number of halogens is 6. The van der Waals surface area contributed by atoms with Crippen molar-refractivity contribution >= 4 is 33.9 Å². The molecule has 0 radical (unpaired) electrons. The number of pyridine rings is 1. The lowest BCUT2D eigenvalue weighted by molar-refractivity contribution is -0.143. The molecule has 5 atom stereocenters. The van der Waals surface area contributed by atoms with Crippen LogP contribution in [-0.4, -0.2) is 41.2 Å². The van der Waals surface area contributed by atoms with Crippen molar-refractivity contribution in [2.45, 2.75) is 50.6 Å². The van der Waals surface area contributed by atoms with Crippen LogP contribution in [0.4, 0.5) is 32.0 Å². The van der Waals surface area contributed by atoms with Gasteiger partial charge in [-0.2, -0.15) is 26.3 Å². The fourth-order valence-corrected chi connectivity index (χ4v) is 6.50. The highest BCUT2D eigenvalue weighted by molar-refractivity contribution is 7.80. The molecule has 12 heteroatoms. The number of hydrogen-bond donors (Lipinski definition) is 2. The monoisotopic (exact) mass is 596 g/mol. The summed E-state index contributed by atoms with van der Waals surface area (Å²) in [6.45, 7) is 4.00. The Bertz CT molecular complexity index is 1400. The minimum atomic E-state index is -4.96. The summed E-state index contributed by atoms with van der Waals surface area (Å²) >= 11 is 5.51. The lowest BCUT2D eigenvalue weighted by Crippen LogP contribution is -2.58. The van der Waals surface area contributed by atoms with Crippen molar-refractivity contribution < 1.29 is 31.1 Å². The van der Waals surface area contributed by atoms with Crippen molar-refractivity contribution in [1.82, 2.24) is 15.2 Å². The van der Waals surface area contributed by atoms with Crippen LogP contribution in [0.15, 0.2) is 48.7 Å². The first-order valence-corrected chi connectivity index (χ1v) is 13.8. The van der Waals surface area contributed by atoms with E-state index in [4.69, 9.17) is 17.0 Å². The third kappa shape index (κ3) is 6.23. The van der Waals surface area contributed by atoms with Gasteiger partial charge < -0.3 is 15.4 Å². The van der Waals surface area contributed by atoms with Crippen molar-refractivity contribution in [1.29, 1.82) is 0 Å². The molecule has 3 fully saturated rings. The SMILES string of the molecule is CC[C@H]1CN2CC[C@H]1C[C@@H]2[C@@H](NC(=S)Nc1cc(C(F)(F)F)cc(C(F)(F)F)c1)c1ccnc2ccc(OC)cc12. The zero-order valence-corrected chi connectivity index (χ0v) is 23.3. The van der Waals surface area contributed by atoms with Gasteiger partial charge >= 0.3 is 12.4 Å². The van der Waals surface area contributed by atoms with Gasteiger partial charge in [0.15, 0.2) is 5.11 Å². The molecule has 3 aliphatic rings. The van der Waals surface area contributed by atoms with E-state index in [2.05, 4.69) is 27.4 Å². The normalized spacial score (nSPS) is 23.3. The summed E-state index contributed by atoms with van der Waals surface area (Å²) in [5.74, 6) is 1.72. The molecule has 0 spiro atoms. The average Bonchev–Trinajstić information content (AvgIpc) is 2.94. The van der Waals surface area contributed by atoms with Crippen molar-refractivity contribution in [2.75, 3.05) is 25.5 Å². The molecule has 0 saturated carbocycles. The van der Waals surface area contributed by atoms with Crippen LogP contribution in [0.2, 0.25) is 0 Å². The second kappa shape index (κ2) is 11.3. The molecule has 3 saturated heterocycles. The summed E-state index contributed by atoms with van der Waals surface area (Å²) in [6.07, 6.45) is -5.21. The number of fused-ring (bicyclic) bond motifs is 4. The molecule has 1 unspecified atom stereocenters. The molecule has 3 aliphatic heterocycles. The van der Waals surface area contributed by atoms with E-state index in [1.165, 1.54) is 0 Å². The summed E-state index contributed by atoms with van der Waals surface area (Å²) in [5, 5.41) is 6.61. The number of hydrogen-bond acceptors (Lipinski definition) is 4. The van der Waals surface area contributed by atoms with Gasteiger partial charge in [0, 0.05) is 29.9 Å². The molecule has 2 aromatic carbocycles. The number of anilines is 1. The standard InChI is InChI=1S/C29H30F6N4OS/c1-3-16-15-39-9-7-17(16)10-25(39)26(22-6-8-36-24-5-4-21(40-2)14-23(22)24)38-27(41)37-20-12-18(28(30,31)32)11-19(13-20)29(33,34)35/h4-6,8,11-14,16-17,25-26H,3,7,9-10,15H2,1-2H3,(H2,37,38,41)/t16-,17-,25+,26-/m0/s1. The van der Waals surface area contributed by atoms with E-state index in [0.29, 0.717) is 29.7 Å². The number of methoxy groups -OCH3 is 1. The van der Waals surface area contributed by atoms with Crippen LogP contribution in [0.25, 0.3) is 10.9 Å². The number of benzene rings is 2. The lowest BCUT2D eigenvalue weighted by atomic mass is 9.72. The van der Waals surface area contributed by atoms with Crippen LogP contribution in [0.3, 0.4) is 0 Å². The van der Waals surface area contributed by atoms with Crippen LogP contribution in [0.1, 0.15) is 48.9 Å². The summed E-state index contributed by atoms with van der Waals surface area (Å²) < 4.78 is 86.1. The van der Waals surface area contributed by atoms with Gasteiger partial charge in [-0.15, -0.1) is 0 Å². The van der Waals surface area contributed by atoms with Crippen LogP contribution in [0.5, 0.6) is 5.75 Å². The van der Waals surface area contributed by atoms with E-state index in [1.54, 1.807) is 19.4 Å². The fourth-order valence-electron chi connectivity index (χ4n) is 6.25. The van der Waals surface area contributed by atoms with E-state index < -0.39 is 35.2 Å². The second-order valence-corrected chi connectivity index (χ2v) is 11.1. The molecule has 41 heavy (non-hydrogen) atoms. The molecule has 2 bridgehead atoms. The summed E-state index contributed by atoms with van der Waals surface area (Å²) in [6, 6.07) is 8.32. The van der Waals surface area contributed by atoms with Crippen LogP contribution in [0, 0.1) is 11.8 Å². The molecule has 4 heterocycles. The van der Waals surface area contributed by atoms with Crippen LogP contribution in [-0.2, 0) is 12.4 Å². The van der Waals surface area contributed by atoms with E-state index in [-0.39, 0.29) is 17.2 Å². The first kappa shape index (κ1) is 29.4. The Morgan fingerprint density at radius 3 is 2.37 bits per heavy atom. The van der Waals surface area contributed by atoms with Crippen molar-refractivity contribution in [3.05, 3.63) is 65.4 Å². The molecule has 220 valence electrons. The van der Waals surface area contributed by atoms with Gasteiger partial charge in [0.1, 0.15) is 5.75 Å². The Labute approximate surface area is 239 Å². The largest absolute Gasteiger partial charge is 0.497 e. The number of nitrogens with zero attached hydrogens (tertiary/aromatic N) is 2. The van der Waals surface area contributed by atoms with Gasteiger partial charge in [-0.1, -0.05) is 13.3 Å². The Morgan fingerprint density at radius 2 is 1.78 bits per heavy atom. The highest BCUT2D eigenvalue weighted by Crippen LogP contribution is 2.43. The number of rotatable bonds is 6. The third-order valence-corrected chi connectivity index (χ3v) is 8.51. The Kier molecular flexibility index (Phi) is 8.08. The molecule has 0 amide bonds. The predicted molar refractivity (Wildman–Crippen MR) is 149 cm³/mol. The topological polar surface area (TPSA) is 49.4 Å². The number of aromatic nitrogens is 1. The molecular weight excluding hydrogens is 566 g/mol. The van der Waals surface area contributed by atoms with Gasteiger partial charge in [-0.3, -0.25) is 9.88 Å². The van der Waals surface area contributed by atoms with Crippen molar-refractivity contribution in [2.24, 2.45) is 11.8 Å².